The molecule has 32 heavy (non-hydrogen) atoms. The number of barbiturate groups is 1. The summed E-state index contributed by atoms with van der Waals surface area (Å²) in [5, 5.41) is 2.42. The highest BCUT2D eigenvalue weighted by Crippen LogP contribution is 2.35. The van der Waals surface area contributed by atoms with E-state index in [-0.39, 0.29) is 21.3 Å². The first-order valence-corrected chi connectivity index (χ1v) is 11.0. The van der Waals surface area contributed by atoms with Gasteiger partial charge in [0.2, 0.25) is 0 Å². The van der Waals surface area contributed by atoms with Crippen LogP contribution in [0.3, 0.4) is 0 Å². The van der Waals surface area contributed by atoms with E-state index in [9.17, 15) is 14.4 Å². The Bertz CT molecular complexity index is 1330. The summed E-state index contributed by atoms with van der Waals surface area (Å²) in [6.07, 6.45) is 1.48. The number of nitrogens with one attached hydrogen (secondary N) is 1. The predicted molar refractivity (Wildman–Crippen MR) is 128 cm³/mol. The molecule has 2 aromatic carbocycles. The number of carbonyl (C=O) groups is 3. The second-order valence-electron chi connectivity index (χ2n) is 7.14. The Hall–Kier alpha value is -2.87. The van der Waals surface area contributed by atoms with E-state index < -0.39 is 17.8 Å². The first-order chi connectivity index (χ1) is 15.2. The van der Waals surface area contributed by atoms with Gasteiger partial charge in [-0.2, -0.15) is 0 Å². The van der Waals surface area contributed by atoms with Gasteiger partial charge in [0, 0.05) is 15.9 Å². The number of rotatable bonds is 3. The third-order valence-electron chi connectivity index (χ3n) is 5.14. The fraction of sp³-hybridized carbons (Fsp3) is 0.0870. The van der Waals surface area contributed by atoms with E-state index in [0.717, 1.165) is 26.4 Å². The predicted octanol–water partition coefficient (Wildman–Crippen LogP) is 5.83. The maximum absolute atomic E-state index is 13.2. The number of benzene rings is 2. The normalized spacial score (nSPS) is 15.5. The van der Waals surface area contributed by atoms with Gasteiger partial charge in [-0.3, -0.25) is 14.9 Å². The van der Waals surface area contributed by atoms with Gasteiger partial charge < -0.3 is 4.57 Å². The SMILES string of the molecule is Cc1cc(/C=C2\C(=O)NC(=O)N(c3cccc(Cl)c3Cl)C2=O)c(C)n1-c1ccccc1Br. The molecule has 1 aliphatic rings. The Morgan fingerprint density at radius 2 is 1.66 bits per heavy atom. The lowest BCUT2D eigenvalue weighted by Gasteiger charge is -2.27. The number of carbonyl (C=O) groups excluding carboxylic acids is 3. The molecule has 0 bridgehead atoms. The number of hydrogen-bond donors (Lipinski definition) is 1. The van der Waals surface area contributed by atoms with Crippen molar-refractivity contribution in [3.63, 3.8) is 0 Å². The molecule has 3 aromatic rings. The first-order valence-electron chi connectivity index (χ1n) is 9.50. The number of hydrogen-bond acceptors (Lipinski definition) is 3. The van der Waals surface area contributed by atoms with Crippen LogP contribution in [-0.2, 0) is 9.59 Å². The number of aryl methyl sites for hydroxylation is 1. The Morgan fingerprint density at radius 1 is 0.969 bits per heavy atom. The van der Waals surface area contributed by atoms with Crippen molar-refractivity contribution >= 4 is 68.7 Å². The van der Waals surface area contributed by atoms with E-state index in [2.05, 4.69) is 21.2 Å². The minimum atomic E-state index is -0.889. The molecule has 0 spiro atoms. The highest BCUT2D eigenvalue weighted by Gasteiger charge is 2.38. The number of para-hydroxylation sites is 1. The van der Waals surface area contributed by atoms with Gasteiger partial charge in [0.1, 0.15) is 5.57 Å². The molecule has 0 unspecified atom stereocenters. The molecule has 1 aliphatic heterocycles. The van der Waals surface area contributed by atoms with Gasteiger partial charge in [-0.25, -0.2) is 9.69 Å². The van der Waals surface area contributed by atoms with Crippen LogP contribution in [-0.4, -0.2) is 22.4 Å². The number of anilines is 1. The van der Waals surface area contributed by atoms with E-state index in [1.54, 1.807) is 6.07 Å². The van der Waals surface area contributed by atoms with E-state index in [4.69, 9.17) is 23.2 Å². The quantitative estimate of drug-likeness (QED) is 0.341. The van der Waals surface area contributed by atoms with Crippen LogP contribution in [0, 0.1) is 13.8 Å². The molecule has 0 aliphatic carbocycles. The molecule has 0 atom stereocenters. The van der Waals surface area contributed by atoms with Crippen LogP contribution >= 0.6 is 39.1 Å². The largest absolute Gasteiger partial charge is 0.336 e. The second kappa shape index (κ2) is 8.58. The Labute approximate surface area is 202 Å². The lowest BCUT2D eigenvalue weighted by Crippen LogP contribution is -2.54. The van der Waals surface area contributed by atoms with Crippen molar-refractivity contribution in [1.29, 1.82) is 0 Å². The molecule has 1 fully saturated rings. The Morgan fingerprint density at radius 3 is 2.38 bits per heavy atom. The van der Waals surface area contributed by atoms with E-state index >= 15 is 0 Å². The molecular weight excluding hydrogens is 517 g/mol. The summed E-state index contributed by atoms with van der Waals surface area (Å²) in [7, 11) is 0. The van der Waals surface area contributed by atoms with Crippen molar-refractivity contribution in [2.45, 2.75) is 13.8 Å². The molecule has 0 radical (unpaired) electrons. The summed E-state index contributed by atoms with van der Waals surface area (Å²) in [5.74, 6) is -1.56. The van der Waals surface area contributed by atoms with Crippen LogP contribution in [0.4, 0.5) is 10.5 Å². The number of imide groups is 2. The van der Waals surface area contributed by atoms with Gasteiger partial charge in [0.25, 0.3) is 11.8 Å². The molecule has 1 saturated heterocycles. The smallest absolute Gasteiger partial charge is 0.317 e. The summed E-state index contributed by atoms with van der Waals surface area (Å²) in [5.41, 5.74) is 3.24. The fourth-order valence-electron chi connectivity index (χ4n) is 3.63. The first kappa shape index (κ1) is 22.3. The molecule has 1 aromatic heterocycles. The van der Waals surface area contributed by atoms with E-state index in [1.165, 1.54) is 18.2 Å². The lowest BCUT2D eigenvalue weighted by atomic mass is 10.1. The number of nitrogens with zero attached hydrogens (tertiary/aromatic N) is 2. The zero-order chi connectivity index (χ0) is 23.2. The van der Waals surface area contributed by atoms with Crippen LogP contribution in [0.25, 0.3) is 11.8 Å². The monoisotopic (exact) mass is 531 g/mol. The molecule has 6 nitrogen and oxygen atoms in total. The van der Waals surface area contributed by atoms with Crippen molar-refractivity contribution in [3.05, 3.63) is 85.6 Å². The molecule has 162 valence electrons. The van der Waals surface area contributed by atoms with Gasteiger partial charge in [0.05, 0.1) is 21.4 Å². The Kier molecular flexibility index (Phi) is 5.99. The highest BCUT2D eigenvalue weighted by atomic mass is 79.9. The van der Waals surface area contributed by atoms with Gasteiger partial charge >= 0.3 is 6.03 Å². The molecule has 0 saturated carbocycles. The minimum Gasteiger partial charge on any atom is -0.317 e. The average molecular weight is 533 g/mol. The average Bonchev–Trinajstić information content (AvgIpc) is 3.01. The van der Waals surface area contributed by atoms with Crippen LogP contribution in [0.2, 0.25) is 10.0 Å². The summed E-state index contributed by atoms with van der Waals surface area (Å²) < 4.78 is 2.91. The topological polar surface area (TPSA) is 71.4 Å². The van der Waals surface area contributed by atoms with Crippen LogP contribution in [0.1, 0.15) is 17.0 Å². The van der Waals surface area contributed by atoms with Crippen LogP contribution in [0.15, 0.2) is 58.6 Å². The van der Waals surface area contributed by atoms with Gasteiger partial charge in [-0.1, -0.05) is 41.4 Å². The van der Waals surface area contributed by atoms with E-state index in [1.807, 2.05) is 48.7 Å². The molecule has 4 amide bonds. The highest BCUT2D eigenvalue weighted by molar-refractivity contribution is 9.10. The molecule has 1 N–H and O–H groups in total. The molecular formula is C23H16BrCl2N3O3. The molecule has 4 rings (SSSR count). The van der Waals surface area contributed by atoms with Gasteiger partial charge in [-0.05, 0) is 71.7 Å². The Balaban J connectivity index is 1.81. The fourth-order valence-corrected chi connectivity index (χ4v) is 4.48. The van der Waals surface area contributed by atoms with Crippen molar-refractivity contribution in [3.8, 4) is 5.69 Å². The standard InChI is InChI=1S/C23H16BrCl2N3O3/c1-12-10-14(13(2)28(12)18-8-4-3-6-16(18)24)11-15-21(30)27-23(32)29(22(15)31)19-9-5-7-17(25)20(19)26/h3-11H,1-2H3,(H,27,30,32)/b15-11+. The van der Waals surface area contributed by atoms with Crippen LogP contribution < -0.4 is 10.2 Å². The van der Waals surface area contributed by atoms with Crippen molar-refractivity contribution in [2.24, 2.45) is 0 Å². The van der Waals surface area contributed by atoms with Crippen molar-refractivity contribution in [1.82, 2.24) is 9.88 Å². The zero-order valence-electron chi connectivity index (χ0n) is 16.9. The zero-order valence-corrected chi connectivity index (χ0v) is 20.0. The summed E-state index contributed by atoms with van der Waals surface area (Å²) >= 11 is 15.8. The molecule has 9 heteroatoms. The lowest BCUT2D eigenvalue weighted by molar-refractivity contribution is -0.122. The number of aromatic nitrogens is 1. The van der Waals surface area contributed by atoms with E-state index in [0.29, 0.717) is 5.56 Å². The minimum absolute atomic E-state index is 0.0403. The summed E-state index contributed by atoms with van der Waals surface area (Å²) in [4.78, 5) is 39.0. The second-order valence-corrected chi connectivity index (χ2v) is 8.78. The number of halogens is 3. The molecule has 2 heterocycles. The summed E-state index contributed by atoms with van der Waals surface area (Å²) in [6.45, 7) is 3.82. The van der Waals surface area contributed by atoms with Gasteiger partial charge in [0.15, 0.2) is 0 Å². The third kappa shape index (κ3) is 3.77. The summed E-state index contributed by atoms with van der Waals surface area (Å²) in [6, 6.07) is 13.3. The number of amides is 4. The maximum atomic E-state index is 13.2. The van der Waals surface area contributed by atoms with Crippen molar-refractivity contribution < 1.29 is 14.4 Å². The third-order valence-corrected chi connectivity index (χ3v) is 6.62. The van der Waals surface area contributed by atoms with Crippen LogP contribution in [0.5, 0.6) is 0 Å². The number of urea groups is 1. The maximum Gasteiger partial charge on any atom is 0.336 e. The van der Waals surface area contributed by atoms with Gasteiger partial charge in [-0.15, -0.1) is 0 Å². The van der Waals surface area contributed by atoms with Crippen molar-refractivity contribution in [2.75, 3.05) is 4.90 Å².